The molecule has 4 heteroatoms. The number of nitrogens with zero attached hydrogens (tertiary/aromatic N) is 1. The van der Waals surface area contributed by atoms with Crippen LogP contribution in [0.5, 0.6) is 11.5 Å². The fraction of sp³-hybridized carbons (Fsp3) is 0.167. The highest BCUT2D eigenvalue weighted by Crippen LogP contribution is 2.44. The van der Waals surface area contributed by atoms with Crippen LogP contribution in [0.1, 0.15) is 11.3 Å². The van der Waals surface area contributed by atoms with Crippen LogP contribution in [0.2, 0.25) is 5.02 Å². The third-order valence-corrected chi connectivity index (χ3v) is 4.37. The molecule has 0 N–H and O–H groups in total. The Morgan fingerprint density at radius 2 is 2.05 bits per heavy atom. The SMILES string of the molecule is COc1ccc2nc3c(c(Cl)c2c1)-c1ccc(C)cc1OC3. The van der Waals surface area contributed by atoms with Crippen LogP contribution in [-0.2, 0) is 6.61 Å². The zero-order chi connectivity index (χ0) is 15.3. The van der Waals surface area contributed by atoms with Gasteiger partial charge >= 0.3 is 0 Å². The molecule has 0 radical (unpaired) electrons. The van der Waals surface area contributed by atoms with Gasteiger partial charge in [-0.25, -0.2) is 4.98 Å². The van der Waals surface area contributed by atoms with Gasteiger partial charge in [0.1, 0.15) is 18.1 Å². The van der Waals surface area contributed by atoms with Crippen molar-refractivity contribution in [3.63, 3.8) is 0 Å². The maximum Gasteiger partial charge on any atom is 0.131 e. The Kier molecular flexibility index (Phi) is 2.98. The number of aryl methyl sites for hydroxylation is 1. The van der Waals surface area contributed by atoms with E-state index < -0.39 is 0 Å². The van der Waals surface area contributed by atoms with E-state index in [1.54, 1.807) is 7.11 Å². The molecule has 0 bridgehead atoms. The molecule has 22 heavy (non-hydrogen) atoms. The molecule has 2 aromatic carbocycles. The fourth-order valence-electron chi connectivity index (χ4n) is 2.86. The van der Waals surface area contributed by atoms with Gasteiger partial charge in [-0.3, -0.25) is 0 Å². The highest BCUT2D eigenvalue weighted by molar-refractivity contribution is 6.38. The normalized spacial score (nSPS) is 12.5. The summed E-state index contributed by atoms with van der Waals surface area (Å²) in [6.07, 6.45) is 0. The molecule has 0 aliphatic carbocycles. The van der Waals surface area contributed by atoms with Crippen molar-refractivity contribution in [3.05, 3.63) is 52.7 Å². The van der Waals surface area contributed by atoms with E-state index in [0.717, 1.165) is 44.8 Å². The summed E-state index contributed by atoms with van der Waals surface area (Å²) >= 11 is 6.70. The average Bonchev–Trinajstić information content (AvgIpc) is 2.54. The molecular formula is C18H14ClNO2. The van der Waals surface area contributed by atoms with Gasteiger partial charge in [-0.05, 0) is 36.8 Å². The van der Waals surface area contributed by atoms with Gasteiger partial charge < -0.3 is 9.47 Å². The molecule has 0 unspecified atom stereocenters. The van der Waals surface area contributed by atoms with E-state index >= 15 is 0 Å². The Balaban J connectivity index is 2.04. The fourth-order valence-corrected chi connectivity index (χ4v) is 3.22. The van der Waals surface area contributed by atoms with Crippen molar-refractivity contribution in [2.75, 3.05) is 7.11 Å². The molecule has 1 aliphatic rings. The van der Waals surface area contributed by atoms with E-state index in [1.165, 1.54) is 0 Å². The number of aromatic nitrogens is 1. The predicted octanol–water partition coefficient (Wildman–Crippen LogP) is 4.76. The minimum Gasteiger partial charge on any atom is -0.497 e. The lowest BCUT2D eigenvalue weighted by Gasteiger charge is -2.22. The average molecular weight is 312 g/mol. The van der Waals surface area contributed by atoms with Gasteiger partial charge in [-0.1, -0.05) is 23.7 Å². The molecule has 2 heterocycles. The number of methoxy groups -OCH3 is 1. The molecule has 0 saturated heterocycles. The molecule has 3 aromatic rings. The third-order valence-electron chi connectivity index (χ3n) is 3.97. The van der Waals surface area contributed by atoms with E-state index in [-0.39, 0.29) is 0 Å². The molecule has 0 saturated carbocycles. The molecule has 0 amide bonds. The summed E-state index contributed by atoms with van der Waals surface area (Å²) in [4.78, 5) is 4.71. The summed E-state index contributed by atoms with van der Waals surface area (Å²) in [7, 11) is 1.65. The van der Waals surface area contributed by atoms with Crippen LogP contribution in [0.3, 0.4) is 0 Å². The molecule has 1 aliphatic heterocycles. The summed E-state index contributed by atoms with van der Waals surface area (Å²) in [5, 5.41) is 1.60. The zero-order valence-corrected chi connectivity index (χ0v) is 13.1. The van der Waals surface area contributed by atoms with E-state index in [0.29, 0.717) is 11.6 Å². The third kappa shape index (κ3) is 1.93. The van der Waals surface area contributed by atoms with Crippen LogP contribution in [-0.4, -0.2) is 12.1 Å². The number of halogens is 1. The standard InChI is InChI=1S/C18H14ClNO2/c1-10-3-5-12-16(7-10)22-9-15-17(12)18(19)13-8-11(21-2)4-6-14(13)20-15/h3-8H,9H2,1-2H3. The number of ether oxygens (including phenoxy) is 2. The minimum absolute atomic E-state index is 0.438. The Labute approximate surface area is 133 Å². The van der Waals surface area contributed by atoms with Crippen molar-refractivity contribution in [2.24, 2.45) is 0 Å². The summed E-state index contributed by atoms with van der Waals surface area (Å²) in [6, 6.07) is 11.9. The van der Waals surface area contributed by atoms with E-state index in [9.17, 15) is 0 Å². The number of pyridine rings is 1. The van der Waals surface area contributed by atoms with Crippen molar-refractivity contribution in [1.82, 2.24) is 4.98 Å². The largest absolute Gasteiger partial charge is 0.497 e. The lowest BCUT2D eigenvalue weighted by molar-refractivity contribution is 0.297. The van der Waals surface area contributed by atoms with Crippen molar-refractivity contribution < 1.29 is 9.47 Å². The first-order valence-electron chi connectivity index (χ1n) is 7.07. The van der Waals surface area contributed by atoms with E-state index in [4.69, 9.17) is 26.1 Å². The highest BCUT2D eigenvalue weighted by Gasteiger charge is 2.23. The molecule has 0 fully saturated rings. The Morgan fingerprint density at radius 3 is 2.86 bits per heavy atom. The number of benzene rings is 2. The lowest BCUT2D eigenvalue weighted by Crippen LogP contribution is -2.09. The number of hydrogen-bond acceptors (Lipinski definition) is 3. The van der Waals surface area contributed by atoms with Crippen LogP contribution >= 0.6 is 11.6 Å². The summed E-state index contributed by atoms with van der Waals surface area (Å²) in [5.74, 6) is 1.63. The monoisotopic (exact) mass is 311 g/mol. The predicted molar refractivity (Wildman–Crippen MR) is 87.8 cm³/mol. The molecular weight excluding hydrogens is 298 g/mol. The van der Waals surface area contributed by atoms with Gasteiger partial charge in [-0.15, -0.1) is 0 Å². The van der Waals surface area contributed by atoms with E-state index in [1.807, 2.05) is 37.3 Å². The zero-order valence-electron chi connectivity index (χ0n) is 12.3. The van der Waals surface area contributed by atoms with Gasteiger partial charge in [0.05, 0.1) is 23.3 Å². The van der Waals surface area contributed by atoms with Gasteiger partial charge in [-0.2, -0.15) is 0 Å². The Hall–Kier alpha value is -2.26. The number of rotatable bonds is 1. The smallest absolute Gasteiger partial charge is 0.131 e. The molecule has 0 atom stereocenters. The van der Waals surface area contributed by atoms with Gasteiger partial charge in [0, 0.05) is 16.5 Å². The second kappa shape index (κ2) is 4.89. The summed E-state index contributed by atoms with van der Waals surface area (Å²) in [5.41, 5.74) is 4.84. The first-order valence-corrected chi connectivity index (χ1v) is 7.45. The van der Waals surface area contributed by atoms with Crippen LogP contribution in [0.25, 0.3) is 22.0 Å². The molecule has 110 valence electrons. The topological polar surface area (TPSA) is 31.4 Å². The number of hydrogen-bond donors (Lipinski definition) is 0. The van der Waals surface area contributed by atoms with Crippen LogP contribution in [0.4, 0.5) is 0 Å². The molecule has 0 spiro atoms. The van der Waals surface area contributed by atoms with Crippen molar-refractivity contribution in [3.8, 4) is 22.6 Å². The lowest BCUT2D eigenvalue weighted by atomic mass is 9.97. The summed E-state index contributed by atoms with van der Waals surface area (Å²) < 4.78 is 11.1. The van der Waals surface area contributed by atoms with Gasteiger partial charge in [0.15, 0.2) is 0 Å². The maximum atomic E-state index is 6.70. The van der Waals surface area contributed by atoms with Crippen molar-refractivity contribution >= 4 is 22.5 Å². The molecule has 4 rings (SSSR count). The highest BCUT2D eigenvalue weighted by atomic mass is 35.5. The first kappa shape index (κ1) is 13.4. The molecule has 1 aromatic heterocycles. The Morgan fingerprint density at radius 1 is 1.18 bits per heavy atom. The van der Waals surface area contributed by atoms with Crippen molar-refractivity contribution in [1.29, 1.82) is 0 Å². The number of fused-ring (bicyclic) bond motifs is 4. The quantitative estimate of drug-likeness (QED) is 0.649. The van der Waals surface area contributed by atoms with Gasteiger partial charge in [0.25, 0.3) is 0 Å². The van der Waals surface area contributed by atoms with E-state index in [2.05, 4.69) is 6.07 Å². The maximum absolute atomic E-state index is 6.70. The van der Waals surface area contributed by atoms with Gasteiger partial charge in [0.2, 0.25) is 0 Å². The van der Waals surface area contributed by atoms with Crippen LogP contribution < -0.4 is 9.47 Å². The van der Waals surface area contributed by atoms with Crippen LogP contribution in [0, 0.1) is 6.92 Å². The first-order chi connectivity index (χ1) is 10.7. The second-order valence-electron chi connectivity index (χ2n) is 5.42. The van der Waals surface area contributed by atoms with Crippen molar-refractivity contribution in [2.45, 2.75) is 13.5 Å². The second-order valence-corrected chi connectivity index (χ2v) is 5.80. The molecule has 3 nitrogen and oxygen atoms in total. The minimum atomic E-state index is 0.438. The Bertz CT molecular complexity index is 905. The van der Waals surface area contributed by atoms with Crippen LogP contribution in [0.15, 0.2) is 36.4 Å². The summed E-state index contributed by atoms with van der Waals surface area (Å²) in [6.45, 7) is 2.48.